The van der Waals surface area contributed by atoms with E-state index in [0.29, 0.717) is 5.95 Å². The molecule has 0 spiro atoms. The number of aromatic nitrogens is 5. The number of thiophene rings is 1. The molecule has 0 unspecified atom stereocenters. The molecule has 0 saturated carbocycles. The number of aryl methyl sites for hydroxylation is 2. The van der Waals surface area contributed by atoms with Crippen LogP contribution in [0.25, 0.3) is 20.3 Å². The van der Waals surface area contributed by atoms with Gasteiger partial charge in [-0.05, 0) is 25.5 Å². The van der Waals surface area contributed by atoms with E-state index in [1.165, 1.54) is 12.4 Å². The molecular weight excluding hydrogens is 365 g/mol. The van der Waals surface area contributed by atoms with Crippen LogP contribution >= 0.6 is 11.3 Å². The predicted octanol–water partition coefficient (Wildman–Crippen LogP) is 3.09. The highest BCUT2D eigenvalue weighted by atomic mass is 32.1. The average molecular weight is 381 g/mol. The summed E-state index contributed by atoms with van der Waals surface area (Å²) in [5, 5.41) is 14.4. The molecule has 1 N–H and O–H groups in total. The Hall–Kier alpha value is -2.94. The van der Waals surface area contributed by atoms with Crippen molar-refractivity contribution in [3.8, 4) is 0 Å². The van der Waals surface area contributed by atoms with Crippen molar-refractivity contribution in [1.29, 1.82) is 0 Å². The van der Waals surface area contributed by atoms with Crippen LogP contribution in [0.15, 0.2) is 24.7 Å². The topological polar surface area (TPSA) is 79.7 Å². The van der Waals surface area contributed by atoms with Crippen LogP contribution in [-0.4, -0.2) is 44.3 Å². The quantitative estimate of drug-likeness (QED) is 0.584. The van der Waals surface area contributed by atoms with Crippen molar-refractivity contribution in [3.63, 3.8) is 0 Å². The zero-order valence-corrected chi connectivity index (χ0v) is 15.6. The molecule has 0 aliphatic carbocycles. The summed E-state index contributed by atoms with van der Waals surface area (Å²) in [6, 6.07) is 2.27. The maximum Gasteiger partial charge on any atom is 0.225 e. The maximum absolute atomic E-state index is 13.0. The van der Waals surface area contributed by atoms with Crippen molar-refractivity contribution in [2.24, 2.45) is 0 Å². The van der Waals surface area contributed by atoms with Crippen molar-refractivity contribution >= 4 is 43.4 Å². The van der Waals surface area contributed by atoms with Crippen LogP contribution < -0.4 is 10.2 Å². The molecule has 0 bridgehead atoms. The first-order valence-electron chi connectivity index (χ1n) is 8.60. The molecule has 5 heterocycles. The lowest BCUT2D eigenvalue weighted by Gasteiger charge is -2.39. The molecule has 1 aliphatic rings. The lowest BCUT2D eigenvalue weighted by atomic mass is 10.1. The van der Waals surface area contributed by atoms with E-state index in [4.69, 9.17) is 0 Å². The van der Waals surface area contributed by atoms with Crippen LogP contribution in [-0.2, 0) is 0 Å². The number of hydrogen-bond donors (Lipinski definition) is 1. The van der Waals surface area contributed by atoms with Crippen LogP contribution in [0.4, 0.5) is 16.2 Å². The number of rotatable bonds is 3. The first kappa shape index (κ1) is 16.2. The first-order chi connectivity index (χ1) is 13.1. The van der Waals surface area contributed by atoms with Gasteiger partial charge >= 0.3 is 0 Å². The van der Waals surface area contributed by atoms with Gasteiger partial charge in [0.15, 0.2) is 5.82 Å². The molecule has 0 amide bonds. The predicted molar refractivity (Wildman–Crippen MR) is 104 cm³/mol. The number of pyridine rings is 1. The Morgan fingerprint density at radius 1 is 1.15 bits per heavy atom. The Labute approximate surface area is 158 Å². The molecule has 136 valence electrons. The summed E-state index contributed by atoms with van der Waals surface area (Å²) in [4.78, 5) is 15.5. The summed E-state index contributed by atoms with van der Waals surface area (Å²) in [6.07, 6.45) is 4.20. The summed E-state index contributed by atoms with van der Waals surface area (Å²) < 4.78 is 14.0. The average Bonchev–Trinajstić information content (AvgIpc) is 3.02. The molecule has 1 fully saturated rings. The van der Waals surface area contributed by atoms with E-state index in [1.807, 2.05) is 24.1 Å². The summed E-state index contributed by atoms with van der Waals surface area (Å²) >= 11 is 1.61. The van der Waals surface area contributed by atoms with Crippen LogP contribution in [0.5, 0.6) is 0 Å². The fourth-order valence-corrected chi connectivity index (χ4v) is 4.45. The molecule has 0 radical (unpaired) electrons. The number of anilines is 2. The van der Waals surface area contributed by atoms with Gasteiger partial charge in [-0.2, -0.15) is 5.10 Å². The third-order valence-electron chi connectivity index (χ3n) is 4.91. The zero-order valence-electron chi connectivity index (χ0n) is 14.8. The van der Waals surface area contributed by atoms with Crippen molar-refractivity contribution in [2.45, 2.75) is 19.9 Å². The third-order valence-corrected chi connectivity index (χ3v) is 6.00. The van der Waals surface area contributed by atoms with E-state index in [1.54, 1.807) is 11.3 Å². The minimum atomic E-state index is -0.428. The van der Waals surface area contributed by atoms with Gasteiger partial charge in [-0.25, -0.2) is 19.3 Å². The van der Waals surface area contributed by atoms with Gasteiger partial charge < -0.3 is 10.2 Å². The maximum atomic E-state index is 13.0. The van der Waals surface area contributed by atoms with Crippen molar-refractivity contribution in [2.75, 3.05) is 23.3 Å². The SMILES string of the molecule is Cc1nnc2sc3c(NC4CN(c5ncc(F)cn5)C4)nccc3c2c1C. The summed E-state index contributed by atoms with van der Waals surface area (Å²) in [5.41, 5.74) is 2.11. The van der Waals surface area contributed by atoms with Gasteiger partial charge in [-0.1, -0.05) is 0 Å². The van der Waals surface area contributed by atoms with Crippen LogP contribution in [0, 0.1) is 19.7 Å². The second-order valence-electron chi connectivity index (χ2n) is 6.68. The normalized spacial score (nSPS) is 14.7. The Kier molecular flexibility index (Phi) is 3.64. The van der Waals surface area contributed by atoms with E-state index in [2.05, 4.69) is 37.4 Å². The van der Waals surface area contributed by atoms with Crippen molar-refractivity contribution in [3.05, 3.63) is 41.7 Å². The number of fused-ring (bicyclic) bond motifs is 3. The van der Waals surface area contributed by atoms with Crippen LogP contribution in [0.3, 0.4) is 0 Å². The lowest BCUT2D eigenvalue weighted by Crippen LogP contribution is -2.55. The van der Waals surface area contributed by atoms with Crippen molar-refractivity contribution < 1.29 is 4.39 Å². The molecule has 9 heteroatoms. The zero-order chi connectivity index (χ0) is 18.5. The highest BCUT2D eigenvalue weighted by Gasteiger charge is 2.29. The second kappa shape index (κ2) is 6.05. The molecule has 7 nitrogen and oxygen atoms in total. The Morgan fingerprint density at radius 3 is 2.70 bits per heavy atom. The van der Waals surface area contributed by atoms with E-state index in [-0.39, 0.29) is 6.04 Å². The first-order valence-corrected chi connectivity index (χ1v) is 9.42. The number of nitrogens with zero attached hydrogens (tertiary/aromatic N) is 6. The minimum absolute atomic E-state index is 0.232. The number of halogens is 1. The monoisotopic (exact) mass is 381 g/mol. The highest BCUT2D eigenvalue weighted by Crippen LogP contribution is 2.38. The lowest BCUT2D eigenvalue weighted by molar-refractivity contribution is 0.532. The van der Waals surface area contributed by atoms with Gasteiger partial charge in [-0.3, -0.25) is 0 Å². The van der Waals surface area contributed by atoms with Crippen molar-refractivity contribution in [1.82, 2.24) is 25.1 Å². The van der Waals surface area contributed by atoms with Gasteiger partial charge in [0, 0.05) is 30.1 Å². The number of nitrogens with one attached hydrogen (secondary N) is 1. The van der Waals surface area contributed by atoms with Crippen LogP contribution in [0.2, 0.25) is 0 Å². The standard InChI is InChI=1S/C18H16FN7S/c1-9-10(2)24-25-17-14(9)13-3-4-20-16(15(13)27-17)23-12-7-26(8-12)18-21-5-11(19)6-22-18/h3-6,12H,7-8H2,1-2H3,(H,20,23). The van der Waals surface area contributed by atoms with Gasteiger partial charge in [0.25, 0.3) is 0 Å². The summed E-state index contributed by atoms with van der Waals surface area (Å²) in [6.45, 7) is 5.55. The van der Waals surface area contributed by atoms with Crippen LogP contribution in [0.1, 0.15) is 11.3 Å². The molecule has 4 aromatic heterocycles. The van der Waals surface area contributed by atoms with E-state index < -0.39 is 5.82 Å². The smallest absolute Gasteiger partial charge is 0.225 e. The number of hydrogen-bond acceptors (Lipinski definition) is 8. The highest BCUT2D eigenvalue weighted by molar-refractivity contribution is 7.26. The summed E-state index contributed by atoms with van der Waals surface area (Å²) in [5.74, 6) is 0.976. The molecule has 5 rings (SSSR count). The second-order valence-corrected chi connectivity index (χ2v) is 7.68. The molecule has 1 saturated heterocycles. The Morgan fingerprint density at radius 2 is 1.93 bits per heavy atom. The molecule has 0 aromatic carbocycles. The summed E-state index contributed by atoms with van der Waals surface area (Å²) in [7, 11) is 0. The van der Waals surface area contributed by atoms with E-state index >= 15 is 0 Å². The molecule has 0 atom stereocenters. The van der Waals surface area contributed by atoms with E-state index in [0.717, 1.165) is 50.5 Å². The van der Waals surface area contributed by atoms with Gasteiger partial charge in [0.1, 0.15) is 10.6 Å². The molecule has 4 aromatic rings. The Bertz CT molecular complexity index is 1150. The van der Waals surface area contributed by atoms with E-state index in [9.17, 15) is 4.39 Å². The Balaban J connectivity index is 1.41. The van der Waals surface area contributed by atoms with Gasteiger partial charge in [0.05, 0.1) is 28.8 Å². The fraction of sp³-hybridized carbons (Fsp3) is 0.278. The molecule has 1 aliphatic heterocycles. The molecule has 27 heavy (non-hydrogen) atoms. The largest absolute Gasteiger partial charge is 0.363 e. The van der Waals surface area contributed by atoms with Gasteiger partial charge in [0.2, 0.25) is 5.95 Å². The third kappa shape index (κ3) is 2.66. The van der Waals surface area contributed by atoms with Gasteiger partial charge in [-0.15, -0.1) is 16.4 Å². The molecular formula is C18H16FN7S. The minimum Gasteiger partial charge on any atom is -0.363 e. The fourth-order valence-electron chi connectivity index (χ4n) is 3.32.